The first-order chi connectivity index (χ1) is 10.1. The summed E-state index contributed by atoms with van der Waals surface area (Å²) in [4.78, 5) is 2.05. The molecule has 0 unspecified atom stereocenters. The quantitative estimate of drug-likeness (QED) is 0.746. The maximum Gasteiger partial charge on any atom is 0.173 e. The van der Waals surface area contributed by atoms with Crippen LogP contribution in [0.2, 0.25) is 0 Å². The molecule has 1 aromatic carbocycles. The maximum atomic E-state index is 5.47. The lowest BCUT2D eigenvalue weighted by Crippen LogP contribution is -2.39. The Morgan fingerprint density at radius 2 is 1.62 bits per heavy atom. The molecule has 0 amide bonds. The van der Waals surface area contributed by atoms with Crippen LogP contribution >= 0.6 is 12.2 Å². The Kier molecular flexibility index (Phi) is 8.27. The summed E-state index contributed by atoms with van der Waals surface area (Å²) in [7, 11) is 3.38. The van der Waals surface area contributed by atoms with Gasteiger partial charge in [0.25, 0.3) is 0 Å². The first-order valence-electron chi connectivity index (χ1n) is 7.22. The van der Waals surface area contributed by atoms with Gasteiger partial charge in [-0.15, -0.1) is 0 Å². The number of nitrogens with one attached hydrogen (secondary N) is 1. The molecular formula is C16H26N2O2S. The predicted molar refractivity (Wildman–Crippen MR) is 92.1 cm³/mol. The molecule has 118 valence electrons. The van der Waals surface area contributed by atoms with Crippen molar-refractivity contribution in [3.63, 3.8) is 0 Å². The Morgan fingerprint density at radius 3 is 2.05 bits per heavy atom. The summed E-state index contributed by atoms with van der Waals surface area (Å²) in [6, 6.07) is 8.38. The number of rotatable bonds is 8. The van der Waals surface area contributed by atoms with Crippen molar-refractivity contribution in [3.05, 3.63) is 29.8 Å². The van der Waals surface area contributed by atoms with Gasteiger partial charge in [0, 0.05) is 33.0 Å². The molecule has 0 radical (unpaired) electrons. The second-order valence-corrected chi connectivity index (χ2v) is 5.57. The van der Waals surface area contributed by atoms with Gasteiger partial charge in [-0.2, -0.15) is 0 Å². The van der Waals surface area contributed by atoms with Crippen molar-refractivity contribution < 1.29 is 9.47 Å². The zero-order chi connectivity index (χ0) is 15.7. The van der Waals surface area contributed by atoms with E-state index in [9.17, 15) is 0 Å². The van der Waals surface area contributed by atoms with E-state index in [-0.39, 0.29) is 0 Å². The molecule has 0 aliphatic heterocycles. The van der Waals surface area contributed by atoms with E-state index in [1.165, 1.54) is 5.56 Å². The normalized spacial score (nSPS) is 10.7. The van der Waals surface area contributed by atoms with Crippen LogP contribution in [0.5, 0.6) is 0 Å². The SMILES string of the molecule is COCCN(CCOC)C(=S)Nc1ccc(C(C)C)cc1. The third-order valence-electron chi connectivity index (χ3n) is 3.25. The fourth-order valence-corrected chi connectivity index (χ4v) is 2.17. The van der Waals surface area contributed by atoms with Crippen LogP contribution in [-0.4, -0.2) is 50.5 Å². The standard InChI is InChI=1S/C16H26N2O2S/c1-13(2)14-5-7-15(8-6-14)17-16(21)18(9-11-19-3)10-12-20-4/h5-8,13H,9-12H2,1-4H3,(H,17,21). The largest absolute Gasteiger partial charge is 0.383 e. The second kappa shape index (κ2) is 9.71. The summed E-state index contributed by atoms with van der Waals surface area (Å²) in [5.74, 6) is 0.533. The van der Waals surface area contributed by atoms with Gasteiger partial charge < -0.3 is 19.7 Å². The molecule has 21 heavy (non-hydrogen) atoms. The van der Waals surface area contributed by atoms with Crippen molar-refractivity contribution in [3.8, 4) is 0 Å². The van der Waals surface area contributed by atoms with Crippen LogP contribution < -0.4 is 5.32 Å². The van der Waals surface area contributed by atoms with Crippen LogP contribution in [0.1, 0.15) is 25.3 Å². The van der Waals surface area contributed by atoms with E-state index in [1.807, 2.05) is 0 Å². The fraction of sp³-hybridized carbons (Fsp3) is 0.562. The third-order valence-corrected chi connectivity index (χ3v) is 3.61. The number of benzene rings is 1. The highest BCUT2D eigenvalue weighted by Gasteiger charge is 2.09. The Hall–Kier alpha value is -1.17. The molecule has 5 heteroatoms. The monoisotopic (exact) mass is 310 g/mol. The molecule has 0 aliphatic carbocycles. The lowest BCUT2D eigenvalue weighted by molar-refractivity contribution is 0.147. The summed E-state index contributed by atoms with van der Waals surface area (Å²) in [6.07, 6.45) is 0. The Labute approximate surface area is 133 Å². The molecular weight excluding hydrogens is 284 g/mol. The molecule has 0 aromatic heterocycles. The Morgan fingerprint density at radius 1 is 1.10 bits per heavy atom. The summed E-state index contributed by atoms with van der Waals surface area (Å²) in [6.45, 7) is 7.13. The van der Waals surface area contributed by atoms with Gasteiger partial charge in [-0.1, -0.05) is 26.0 Å². The molecule has 0 atom stereocenters. The summed E-state index contributed by atoms with van der Waals surface area (Å²) < 4.78 is 10.2. The van der Waals surface area contributed by atoms with E-state index in [2.05, 4.69) is 48.3 Å². The van der Waals surface area contributed by atoms with E-state index in [0.29, 0.717) is 24.2 Å². The van der Waals surface area contributed by atoms with Crippen molar-refractivity contribution in [1.82, 2.24) is 4.90 Å². The lowest BCUT2D eigenvalue weighted by atomic mass is 10.0. The lowest BCUT2D eigenvalue weighted by Gasteiger charge is -2.25. The van der Waals surface area contributed by atoms with Crippen LogP contribution in [0.3, 0.4) is 0 Å². The molecule has 1 aromatic rings. The minimum absolute atomic E-state index is 0.533. The zero-order valence-corrected chi connectivity index (χ0v) is 14.2. The summed E-state index contributed by atoms with van der Waals surface area (Å²) >= 11 is 5.47. The van der Waals surface area contributed by atoms with Gasteiger partial charge in [-0.05, 0) is 35.8 Å². The summed E-state index contributed by atoms with van der Waals surface area (Å²) in [5, 5.41) is 3.97. The van der Waals surface area contributed by atoms with Crippen molar-refractivity contribution in [2.75, 3.05) is 45.8 Å². The average Bonchev–Trinajstić information content (AvgIpc) is 2.47. The molecule has 0 spiro atoms. The number of hydrogen-bond acceptors (Lipinski definition) is 3. The predicted octanol–water partition coefficient (Wildman–Crippen LogP) is 3.10. The van der Waals surface area contributed by atoms with Gasteiger partial charge in [0.1, 0.15) is 0 Å². The van der Waals surface area contributed by atoms with Crippen molar-refractivity contribution in [2.24, 2.45) is 0 Å². The second-order valence-electron chi connectivity index (χ2n) is 5.18. The number of ether oxygens (including phenoxy) is 2. The van der Waals surface area contributed by atoms with Crippen LogP contribution in [0.15, 0.2) is 24.3 Å². The van der Waals surface area contributed by atoms with Crippen molar-refractivity contribution in [1.29, 1.82) is 0 Å². The first-order valence-corrected chi connectivity index (χ1v) is 7.63. The van der Waals surface area contributed by atoms with E-state index in [0.717, 1.165) is 18.8 Å². The van der Waals surface area contributed by atoms with Gasteiger partial charge in [0.15, 0.2) is 5.11 Å². The van der Waals surface area contributed by atoms with E-state index >= 15 is 0 Å². The van der Waals surface area contributed by atoms with Crippen molar-refractivity contribution >= 4 is 23.0 Å². The average molecular weight is 310 g/mol. The molecule has 0 aliphatic rings. The highest BCUT2D eigenvalue weighted by molar-refractivity contribution is 7.80. The number of nitrogens with zero attached hydrogens (tertiary/aromatic N) is 1. The minimum atomic E-state index is 0.533. The van der Waals surface area contributed by atoms with Gasteiger partial charge in [-0.25, -0.2) is 0 Å². The van der Waals surface area contributed by atoms with Crippen LogP contribution in [0, 0.1) is 0 Å². The highest BCUT2D eigenvalue weighted by Crippen LogP contribution is 2.17. The van der Waals surface area contributed by atoms with Gasteiger partial charge >= 0.3 is 0 Å². The number of hydrogen-bond donors (Lipinski definition) is 1. The van der Waals surface area contributed by atoms with Gasteiger partial charge in [0.2, 0.25) is 0 Å². The van der Waals surface area contributed by atoms with Crippen LogP contribution in [-0.2, 0) is 9.47 Å². The van der Waals surface area contributed by atoms with Crippen molar-refractivity contribution in [2.45, 2.75) is 19.8 Å². The molecule has 0 bridgehead atoms. The topological polar surface area (TPSA) is 33.7 Å². The molecule has 0 saturated carbocycles. The van der Waals surface area contributed by atoms with E-state index < -0.39 is 0 Å². The molecule has 1 rings (SSSR count). The van der Waals surface area contributed by atoms with Crippen LogP contribution in [0.4, 0.5) is 5.69 Å². The number of methoxy groups -OCH3 is 2. The van der Waals surface area contributed by atoms with E-state index in [4.69, 9.17) is 21.7 Å². The minimum Gasteiger partial charge on any atom is -0.383 e. The third kappa shape index (κ3) is 6.42. The first kappa shape index (κ1) is 17.9. The van der Waals surface area contributed by atoms with Gasteiger partial charge in [-0.3, -0.25) is 0 Å². The molecule has 0 heterocycles. The highest BCUT2D eigenvalue weighted by atomic mass is 32.1. The molecule has 0 saturated heterocycles. The fourth-order valence-electron chi connectivity index (χ4n) is 1.87. The smallest absolute Gasteiger partial charge is 0.173 e. The zero-order valence-electron chi connectivity index (χ0n) is 13.4. The Bertz CT molecular complexity index is 413. The molecule has 0 fully saturated rings. The number of anilines is 1. The van der Waals surface area contributed by atoms with Crippen LogP contribution in [0.25, 0.3) is 0 Å². The van der Waals surface area contributed by atoms with E-state index in [1.54, 1.807) is 14.2 Å². The molecule has 1 N–H and O–H groups in total. The maximum absolute atomic E-state index is 5.47. The van der Waals surface area contributed by atoms with Gasteiger partial charge in [0.05, 0.1) is 13.2 Å². The summed E-state index contributed by atoms with van der Waals surface area (Å²) in [5.41, 5.74) is 2.33. The number of thiocarbonyl (C=S) groups is 1. The molecule has 4 nitrogen and oxygen atoms in total. The Balaban J connectivity index is 2.62.